The Morgan fingerprint density at radius 1 is 1.03 bits per heavy atom. The molecule has 0 spiro atoms. The molecule has 0 heterocycles. The third kappa shape index (κ3) is 8.03. The predicted molar refractivity (Wildman–Crippen MR) is 136 cm³/mol. The van der Waals surface area contributed by atoms with Crippen molar-refractivity contribution in [2.75, 3.05) is 38.0 Å². The molecule has 0 bridgehead atoms. The van der Waals surface area contributed by atoms with E-state index in [2.05, 4.69) is 5.32 Å². The molecule has 0 aliphatic rings. The van der Waals surface area contributed by atoms with Crippen LogP contribution in [-0.4, -0.2) is 69.2 Å². The lowest BCUT2D eigenvalue weighted by Gasteiger charge is -2.32. The summed E-state index contributed by atoms with van der Waals surface area (Å²) in [6.45, 7) is 3.84. The Bertz CT molecular complexity index is 1060. The lowest BCUT2D eigenvalue weighted by Crippen LogP contribution is -2.53. The van der Waals surface area contributed by atoms with Crippen molar-refractivity contribution in [2.24, 2.45) is 0 Å². The molecule has 1 atom stereocenters. The van der Waals surface area contributed by atoms with E-state index >= 15 is 0 Å². The first-order chi connectivity index (χ1) is 16.6. The zero-order valence-electron chi connectivity index (χ0n) is 20.8. The van der Waals surface area contributed by atoms with Gasteiger partial charge in [-0.15, -0.1) is 0 Å². The number of carbonyl (C=O) groups is 2. The topological polar surface area (TPSA) is 90.0 Å². The third-order valence-corrected chi connectivity index (χ3v) is 7.43. The number of nitrogens with one attached hydrogen (secondary N) is 1. The van der Waals surface area contributed by atoms with Gasteiger partial charge in [0, 0.05) is 27.2 Å². The van der Waals surface area contributed by atoms with E-state index in [1.54, 1.807) is 6.92 Å². The molecule has 1 N–H and O–H groups in total. The number of carbonyl (C=O) groups excluding carboxylic acids is 2. The normalized spacial score (nSPS) is 12.3. The van der Waals surface area contributed by atoms with Crippen LogP contribution in [0.3, 0.4) is 0 Å². The van der Waals surface area contributed by atoms with Crippen LogP contribution in [0.5, 0.6) is 0 Å². The number of amides is 2. The largest absolute Gasteiger partial charge is 0.354 e. The maximum absolute atomic E-state index is 13.5. The van der Waals surface area contributed by atoms with E-state index in [-0.39, 0.29) is 18.1 Å². The van der Waals surface area contributed by atoms with Gasteiger partial charge in [0.15, 0.2) is 0 Å². The predicted octanol–water partition coefficient (Wildman–Crippen LogP) is 2.81. The first kappa shape index (κ1) is 28.3. The van der Waals surface area contributed by atoms with Gasteiger partial charge >= 0.3 is 10.2 Å². The maximum atomic E-state index is 13.5. The van der Waals surface area contributed by atoms with Crippen molar-refractivity contribution in [3.63, 3.8) is 0 Å². The van der Waals surface area contributed by atoms with Gasteiger partial charge in [-0.05, 0) is 49.6 Å². The minimum atomic E-state index is -4.07. The minimum Gasteiger partial charge on any atom is -0.354 e. The molecule has 2 aromatic rings. The SMILES string of the molecule is CCCCNC(=O)C(C)N(CCc1ccccc1)C(=O)CN(c1ccc(F)cc1)S(=O)(=O)N(C)C. The lowest BCUT2D eigenvalue weighted by molar-refractivity contribution is -0.138. The molecule has 2 aromatic carbocycles. The number of benzene rings is 2. The fraction of sp³-hybridized carbons (Fsp3) is 0.440. The van der Waals surface area contributed by atoms with E-state index in [1.807, 2.05) is 37.3 Å². The molecular weight excluding hydrogens is 471 g/mol. The van der Waals surface area contributed by atoms with Gasteiger partial charge in [0.25, 0.3) is 0 Å². The smallest absolute Gasteiger partial charge is 0.304 e. The molecule has 0 aliphatic heterocycles. The van der Waals surface area contributed by atoms with Crippen LogP contribution in [0.15, 0.2) is 54.6 Å². The van der Waals surface area contributed by atoms with Gasteiger partial charge in [-0.25, -0.2) is 8.70 Å². The van der Waals surface area contributed by atoms with E-state index in [0.717, 1.165) is 39.1 Å². The Labute approximate surface area is 207 Å². The molecule has 1 unspecified atom stereocenters. The molecular formula is C25H35FN4O4S. The standard InChI is InChI=1S/C25H35FN4O4S/c1-5-6-17-27-25(32)20(2)29(18-16-21-10-8-7-9-11-21)24(31)19-30(35(33,34)28(3)4)23-14-12-22(26)13-15-23/h7-15,20H,5-6,16-19H2,1-4H3,(H,27,32). The molecule has 0 aromatic heterocycles. The zero-order chi connectivity index (χ0) is 26.0. The number of unbranched alkanes of at least 4 members (excludes halogenated alkanes) is 1. The Kier molecular flexibility index (Phi) is 10.7. The Morgan fingerprint density at radius 2 is 1.66 bits per heavy atom. The molecule has 0 saturated heterocycles. The molecule has 2 rings (SSSR count). The number of anilines is 1. The number of halogens is 1. The van der Waals surface area contributed by atoms with Crippen LogP contribution in [0.25, 0.3) is 0 Å². The summed E-state index contributed by atoms with van der Waals surface area (Å²) < 4.78 is 41.5. The van der Waals surface area contributed by atoms with Gasteiger partial charge in [-0.3, -0.25) is 9.59 Å². The highest BCUT2D eigenvalue weighted by Gasteiger charge is 2.32. The van der Waals surface area contributed by atoms with E-state index in [1.165, 1.54) is 31.1 Å². The summed E-state index contributed by atoms with van der Waals surface area (Å²) in [6.07, 6.45) is 2.23. The first-order valence-electron chi connectivity index (χ1n) is 11.6. The van der Waals surface area contributed by atoms with Crippen molar-refractivity contribution in [2.45, 2.75) is 39.2 Å². The van der Waals surface area contributed by atoms with Crippen LogP contribution < -0.4 is 9.62 Å². The fourth-order valence-electron chi connectivity index (χ4n) is 3.43. The van der Waals surface area contributed by atoms with Crippen LogP contribution in [0.2, 0.25) is 0 Å². The molecule has 2 amide bonds. The van der Waals surface area contributed by atoms with Crippen LogP contribution in [-0.2, 0) is 26.2 Å². The Morgan fingerprint density at radius 3 is 2.23 bits per heavy atom. The number of hydrogen-bond acceptors (Lipinski definition) is 4. The number of nitrogens with zero attached hydrogens (tertiary/aromatic N) is 3. The summed E-state index contributed by atoms with van der Waals surface area (Å²) in [6, 6.07) is 13.6. The highest BCUT2D eigenvalue weighted by atomic mass is 32.2. The summed E-state index contributed by atoms with van der Waals surface area (Å²) in [5, 5.41) is 2.84. The van der Waals surface area contributed by atoms with Gasteiger partial charge < -0.3 is 10.2 Å². The molecule has 0 radical (unpaired) electrons. The fourth-order valence-corrected chi connectivity index (χ4v) is 4.49. The number of hydrogen-bond donors (Lipinski definition) is 1. The summed E-state index contributed by atoms with van der Waals surface area (Å²) in [7, 11) is -1.36. The van der Waals surface area contributed by atoms with Gasteiger partial charge in [0.05, 0.1) is 5.69 Å². The lowest BCUT2D eigenvalue weighted by atomic mass is 10.1. The van der Waals surface area contributed by atoms with Crippen molar-refractivity contribution in [3.8, 4) is 0 Å². The monoisotopic (exact) mass is 506 g/mol. The van der Waals surface area contributed by atoms with Crippen molar-refractivity contribution < 1.29 is 22.4 Å². The van der Waals surface area contributed by atoms with E-state index in [0.29, 0.717) is 13.0 Å². The highest BCUT2D eigenvalue weighted by Crippen LogP contribution is 2.21. The molecule has 192 valence electrons. The van der Waals surface area contributed by atoms with Crippen molar-refractivity contribution in [1.29, 1.82) is 0 Å². The molecule has 0 aliphatic carbocycles. The third-order valence-electron chi connectivity index (χ3n) is 5.61. The second kappa shape index (κ2) is 13.2. The van der Waals surface area contributed by atoms with Crippen LogP contribution >= 0.6 is 0 Å². The van der Waals surface area contributed by atoms with Gasteiger partial charge in [0.1, 0.15) is 18.4 Å². The molecule has 10 heteroatoms. The van der Waals surface area contributed by atoms with Crippen LogP contribution in [0, 0.1) is 5.82 Å². The molecule has 35 heavy (non-hydrogen) atoms. The van der Waals surface area contributed by atoms with Crippen LogP contribution in [0.1, 0.15) is 32.3 Å². The highest BCUT2D eigenvalue weighted by molar-refractivity contribution is 7.90. The van der Waals surface area contributed by atoms with Gasteiger partial charge in [-0.2, -0.15) is 12.7 Å². The quantitative estimate of drug-likeness (QED) is 0.423. The van der Waals surface area contributed by atoms with Crippen molar-refractivity contribution >= 4 is 27.7 Å². The second-order valence-corrected chi connectivity index (χ2v) is 10.5. The molecule has 0 fully saturated rings. The Balaban J connectivity index is 2.33. The number of rotatable bonds is 13. The van der Waals surface area contributed by atoms with Gasteiger partial charge in [-0.1, -0.05) is 43.7 Å². The van der Waals surface area contributed by atoms with E-state index in [4.69, 9.17) is 0 Å². The van der Waals surface area contributed by atoms with Crippen LogP contribution in [0.4, 0.5) is 10.1 Å². The summed E-state index contributed by atoms with van der Waals surface area (Å²) in [4.78, 5) is 27.7. The molecule has 8 nitrogen and oxygen atoms in total. The second-order valence-electron chi connectivity index (χ2n) is 8.42. The zero-order valence-corrected chi connectivity index (χ0v) is 21.6. The summed E-state index contributed by atoms with van der Waals surface area (Å²) >= 11 is 0. The van der Waals surface area contributed by atoms with Crippen molar-refractivity contribution in [3.05, 3.63) is 66.0 Å². The average molecular weight is 507 g/mol. The van der Waals surface area contributed by atoms with E-state index < -0.39 is 34.5 Å². The first-order valence-corrected chi connectivity index (χ1v) is 13.0. The Hall–Kier alpha value is -2.98. The minimum absolute atomic E-state index is 0.150. The average Bonchev–Trinajstić information content (AvgIpc) is 2.83. The molecule has 0 saturated carbocycles. The van der Waals surface area contributed by atoms with Gasteiger partial charge in [0.2, 0.25) is 11.8 Å². The summed E-state index contributed by atoms with van der Waals surface area (Å²) in [5.41, 5.74) is 1.14. The van der Waals surface area contributed by atoms with E-state index in [9.17, 15) is 22.4 Å². The maximum Gasteiger partial charge on any atom is 0.304 e. The summed E-state index contributed by atoms with van der Waals surface area (Å²) in [5.74, 6) is -1.36. The van der Waals surface area contributed by atoms with Crippen molar-refractivity contribution in [1.82, 2.24) is 14.5 Å².